The lowest BCUT2D eigenvalue weighted by molar-refractivity contribution is -0.140. The van der Waals surface area contributed by atoms with E-state index in [1.807, 2.05) is 0 Å². The van der Waals surface area contributed by atoms with E-state index in [-0.39, 0.29) is 0 Å². The molecule has 0 saturated carbocycles. The van der Waals surface area contributed by atoms with Gasteiger partial charge in [0.05, 0.1) is 0 Å². The number of rotatable bonds is 11. The van der Waals surface area contributed by atoms with Gasteiger partial charge in [0.1, 0.15) is 17.6 Å². The van der Waals surface area contributed by atoms with Crippen molar-refractivity contribution in [1.29, 1.82) is 0 Å². The second-order valence-corrected chi connectivity index (χ2v) is 8.88. The Bertz CT molecular complexity index is 580. The summed E-state index contributed by atoms with van der Waals surface area (Å²) in [6.45, 7) is 12.2. The average Bonchev–Trinajstić information content (AvgIpc) is 2.52. The molecule has 0 aliphatic rings. The van der Waals surface area contributed by atoms with Crippen LogP contribution in [-0.4, -0.2) is 71.5 Å². The molecule has 0 unspecified atom stereocenters. The number of ether oxygens (including phenoxy) is 2. The van der Waals surface area contributed by atoms with Gasteiger partial charge in [0.15, 0.2) is 0 Å². The van der Waals surface area contributed by atoms with E-state index < -0.39 is 41.7 Å². The molecular weight excluding hydrogens is 394 g/mol. The molecule has 0 atom stereocenters. The molecule has 3 amide bonds. The number of hydrogen-bond donors (Lipinski definition) is 3. The van der Waals surface area contributed by atoms with E-state index >= 15 is 0 Å². The standard InChI is InChI=1S/C20H37N3O7/c1-19(2,3)29-17(27)22-11-9-13-23(18(28)30-20(4,5)6)12-8-7-10-21-15(24)14-16(25)26/h7-14H2,1-6H3,(H,21,24)(H,22,27)(H,25,26). The number of nitrogens with one attached hydrogen (secondary N) is 2. The summed E-state index contributed by atoms with van der Waals surface area (Å²) in [7, 11) is 0. The van der Waals surface area contributed by atoms with Crippen molar-refractivity contribution in [3.63, 3.8) is 0 Å². The number of carbonyl (C=O) groups is 4. The van der Waals surface area contributed by atoms with Crippen LogP contribution in [0.4, 0.5) is 9.59 Å². The highest BCUT2D eigenvalue weighted by molar-refractivity contribution is 5.93. The van der Waals surface area contributed by atoms with Crippen molar-refractivity contribution in [1.82, 2.24) is 15.5 Å². The third-order valence-electron chi connectivity index (χ3n) is 3.41. The molecule has 0 rings (SSSR count). The molecule has 0 saturated heterocycles. The maximum atomic E-state index is 12.4. The normalized spacial score (nSPS) is 11.4. The van der Waals surface area contributed by atoms with Gasteiger partial charge in [0.25, 0.3) is 0 Å². The Kier molecular flexibility index (Phi) is 11.8. The number of hydrogen-bond acceptors (Lipinski definition) is 6. The average molecular weight is 432 g/mol. The summed E-state index contributed by atoms with van der Waals surface area (Å²) in [4.78, 5) is 47.4. The van der Waals surface area contributed by atoms with Crippen LogP contribution in [0.15, 0.2) is 0 Å². The van der Waals surface area contributed by atoms with Crippen molar-refractivity contribution in [3.05, 3.63) is 0 Å². The Labute approximate surface area is 178 Å². The van der Waals surface area contributed by atoms with Gasteiger partial charge in [-0.1, -0.05) is 0 Å². The van der Waals surface area contributed by atoms with Crippen molar-refractivity contribution in [2.75, 3.05) is 26.2 Å². The highest BCUT2D eigenvalue weighted by Gasteiger charge is 2.22. The Morgan fingerprint density at radius 1 is 0.800 bits per heavy atom. The van der Waals surface area contributed by atoms with Crippen molar-refractivity contribution < 1.29 is 33.8 Å². The number of aliphatic carboxylic acids is 1. The zero-order valence-corrected chi connectivity index (χ0v) is 19.0. The summed E-state index contributed by atoms with van der Waals surface area (Å²) in [6, 6.07) is 0. The summed E-state index contributed by atoms with van der Waals surface area (Å²) in [5.74, 6) is -1.72. The van der Waals surface area contributed by atoms with Crippen LogP contribution in [0.25, 0.3) is 0 Å². The van der Waals surface area contributed by atoms with E-state index in [1.54, 1.807) is 46.4 Å². The topological polar surface area (TPSA) is 134 Å². The maximum Gasteiger partial charge on any atom is 0.410 e. The first-order valence-electron chi connectivity index (χ1n) is 10.1. The fraction of sp³-hybridized carbons (Fsp3) is 0.800. The minimum Gasteiger partial charge on any atom is -0.481 e. The van der Waals surface area contributed by atoms with Gasteiger partial charge in [-0.15, -0.1) is 0 Å². The van der Waals surface area contributed by atoms with Gasteiger partial charge in [0.2, 0.25) is 5.91 Å². The zero-order chi connectivity index (χ0) is 23.4. The van der Waals surface area contributed by atoms with Gasteiger partial charge in [-0.2, -0.15) is 0 Å². The van der Waals surface area contributed by atoms with Crippen LogP contribution in [0.5, 0.6) is 0 Å². The molecule has 0 aromatic carbocycles. The van der Waals surface area contributed by atoms with E-state index in [0.717, 1.165) is 0 Å². The van der Waals surface area contributed by atoms with Crippen molar-refractivity contribution in [3.8, 4) is 0 Å². The molecule has 10 heteroatoms. The van der Waals surface area contributed by atoms with Crippen LogP contribution in [0, 0.1) is 0 Å². The number of carboxylic acid groups (broad SMARTS) is 1. The van der Waals surface area contributed by atoms with Gasteiger partial charge < -0.3 is 30.1 Å². The van der Waals surface area contributed by atoms with Crippen LogP contribution in [0.1, 0.15) is 67.2 Å². The van der Waals surface area contributed by atoms with Crippen molar-refractivity contribution >= 4 is 24.1 Å². The molecule has 0 aromatic rings. The summed E-state index contributed by atoms with van der Waals surface area (Å²) in [6.07, 6.45) is 0.188. The van der Waals surface area contributed by atoms with Crippen LogP contribution in [-0.2, 0) is 19.1 Å². The molecule has 0 spiro atoms. The van der Waals surface area contributed by atoms with Gasteiger partial charge in [-0.05, 0) is 60.8 Å². The Balaban J connectivity index is 4.42. The third kappa shape index (κ3) is 16.4. The highest BCUT2D eigenvalue weighted by atomic mass is 16.6. The van der Waals surface area contributed by atoms with E-state index in [0.29, 0.717) is 45.4 Å². The van der Waals surface area contributed by atoms with Crippen LogP contribution >= 0.6 is 0 Å². The number of amides is 3. The molecule has 174 valence electrons. The second-order valence-electron chi connectivity index (χ2n) is 8.88. The van der Waals surface area contributed by atoms with E-state index in [4.69, 9.17) is 14.6 Å². The summed E-state index contributed by atoms with van der Waals surface area (Å²) < 4.78 is 10.6. The molecular formula is C20H37N3O7. The lowest BCUT2D eigenvalue weighted by Gasteiger charge is -2.27. The number of unbranched alkanes of at least 4 members (excludes halogenated alkanes) is 1. The van der Waals surface area contributed by atoms with E-state index in [9.17, 15) is 19.2 Å². The SMILES string of the molecule is CC(C)(C)OC(=O)NCCCN(CCCCNC(=O)CC(=O)O)C(=O)OC(C)(C)C. The highest BCUT2D eigenvalue weighted by Crippen LogP contribution is 2.11. The number of carbonyl (C=O) groups excluding carboxylic acids is 3. The predicted octanol–water partition coefficient (Wildman–Crippen LogP) is 2.51. The Hall–Kier alpha value is -2.52. The first-order chi connectivity index (χ1) is 13.7. The number of carboxylic acids is 1. The van der Waals surface area contributed by atoms with Crippen molar-refractivity contribution in [2.24, 2.45) is 0 Å². The summed E-state index contributed by atoms with van der Waals surface area (Å²) in [5, 5.41) is 13.7. The first-order valence-corrected chi connectivity index (χ1v) is 10.1. The smallest absolute Gasteiger partial charge is 0.410 e. The van der Waals surface area contributed by atoms with E-state index in [2.05, 4.69) is 10.6 Å². The van der Waals surface area contributed by atoms with Gasteiger partial charge in [-0.3, -0.25) is 9.59 Å². The Morgan fingerprint density at radius 2 is 1.33 bits per heavy atom. The van der Waals surface area contributed by atoms with Crippen LogP contribution in [0.3, 0.4) is 0 Å². The van der Waals surface area contributed by atoms with Crippen LogP contribution in [0.2, 0.25) is 0 Å². The van der Waals surface area contributed by atoms with Gasteiger partial charge in [0, 0.05) is 26.2 Å². The fourth-order valence-electron chi connectivity index (χ4n) is 2.25. The van der Waals surface area contributed by atoms with Crippen molar-refractivity contribution in [2.45, 2.75) is 78.4 Å². The van der Waals surface area contributed by atoms with E-state index in [1.165, 1.54) is 0 Å². The largest absolute Gasteiger partial charge is 0.481 e. The van der Waals surface area contributed by atoms with Crippen LogP contribution < -0.4 is 10.6 Å². The quantitative estimate of drug-likeness (QED) is 0.338. The predicted molar refractivity (Wildman–Crippen MR) is 111 cm³/mol. The molecule has 0 aliphatic heterocycles. The minimum atomic E-state index is -1.18. The third-order valence-corrected chi connectivity index (χ3v) is 3.41. The minimum absolute atomic E-state index is 0.328. The monoisotopic (exact) mass is 431 g/mol. The fourth-order valence-corrected chi connectivity index (χ4v) is 2.25. The molecule has 0 bridgehead atoms. The number of alkyl carbamates (subject to hydrolysis) is 1. The molecule has 10 nitrogen and oxygen atoms in total. The Morgan fingerprint density at radius 3 is 1.87 bits per heavy atom. The molecule has 0 fully saturated rings. The summed E-state index contributed by atoms with van der Waals surface area (Å²) in [5.41, 5.74) is -1.21. The first kappa shape index (κ1) is 27.5. The second kappa shape index (κ2) is 12.9. The lowest BCUT2D eigenvalue weighted by Crippen LogP contribution is -2.39. The molecule has 0 heterocycles. The van der Waals surface area contributed by atoms with Gasteiger partial charge >= 0.3 is 18.2 Å². The van der Waals surface area contributed by atoms with Gasteiger partial charge in [-0.25, -0.2) is 9.59 Å². The molecule has 30 heavy (non-hydrogen) atoms. The lowest BCUT2D eigenvalue weighted by atomic mass is 10.2. The maximum absolute atomic E-state index is 12.4. The molecule has 0 radical (unpaired) electrons. The molecule has 0 aromatic heterocycles. The zero-order valence-electron chi connectivity index (χ0n) is 19.0. The molecule has 0 aliphatic carbocycles. The number of nitrogens with zero attached hydrogens (tertiary/aromatic N) is 1. The summed E-state index contributed by atoms with van der Waals surface area (Å²) >= 11 is 0. The molecule has 3 N–H and O–H groups in total.